The summed E-state index contributed by atoms with van der Waals surface area (Å²) in [5.74, 6) is 0.310. The number of furan rings is 1. The van der Waals surface area contributed by atoms with Crippen LogP contribution in [0, 0.1) is 0 Å². The Kier molecular flexibility index (Phi) is 3.59. The van der Waals surface area contributed by atoms with Gasteiger partial charge >= 0.3 is 6.03 Å². The number of carbonyl (C=O) groups is 2. The molecule has 0 saturated heterocycles. The second-order valence-corrected chi connectivity index (χ2v) is 4.71. The number of amides is 3. The Bertz CT molecular complexity index is 517. The van der Waals surface area contributed by atoms with Crippen LogP contribution in [-0.4, -0.2) is 18.0 Å². The fourth-order valence-corrected chi connectivity index (χ4v) is 2.00. The molecule has 3 amide bonds. The van der Waals surface area contributed by atoms with Gasteiger partial charge in [0.05, 0.1) is 11.8 Å². The van der Waals surface area contributed by atoms with Gasteiger partial charge in [0.1, 0.15) is 11.8 Å². The van der Waals surface area contributed by atoms with Gasteiger partial charge < -0.3 is 20.4 Å². The van der Waals surface area contributed by atoms with Crippen molar-refractivity contribution in [3.63, 3.8) is 0 Å². The van der Waals surface area contributed by atoms with E-state index in [1.54, 1.807) is 19.1 Å². The summed E-state index contributed by atoms with van der Waals surface area (Å²) in [4.78, 5) is 23.8. The molecule has 0 aromatic carbocycles. The summed E-state index contributed by atoms with van der Waals surface area (Å²) in [6.07, 6.45) is 1.51. The zero-order valence-electron chi connectivity index (χ0n) is 11.1. The maximum Gasteiger partial charge on any atom is 0.319 e. The second-order valence-electron chi connectivity index (χ2n) is 4.71. The smallest absolute Gasteiger partial charge is 0.319 e. The van der Waals surface area contributed by atoms with Crippen molar-refractivity contribution in [1.82, 2.24) is 16.0 Å². The third-order valence-corrected chi connectivity index (χ3v) is 2.76. The lowest BCUT2D eigenvalue weighted by Crippen LogP contribution is -2.47. The number of carbonyl (C=O) groups excluding carboxylic acids is 2. The third-order valence-electron chi connectivity index (χ3n) is 2.76. The summed E-state index contributed by atoms with van der Waals surface area (Å²) in [7, 11) is 0. The minimum absolute atomic E-state index is 0.0164. The Morgan fingerprint density at radius 3 is 2.79 bits per heavy atom. The van der Waals surface area contributed by atoms with Crippen LogP contribution in [0.3, 0.4) is 0 Å². The monoisotopic (exact) mass is 263 g/mol. The first-order valence-electron chi connectivity index (χ1n) is 6.11. The molecule has 1 aromatic rings. The number of hydrogen-bond donors (Lipinski definition) is 3. The van der Waals surface area contributed by atoms with Gasteiger partial charge in [-0.05, 0) is 32.9 Å². The van der Waals surface area contributed by atoms with E-state index in [9.17, 15) is 9.59 Å². The van der Waals surface area contributed by atoms with Crippen LogP contribution in [0.1, 0.15) is 32.6 Å². The first kappa shape index (κ1) is 13.2. The molecule has 102 valence electrons. The number of urea groups is 1. The quantitative estimate of drug-likeness (QED) is 0.771. The van der Waals surface area contributed by atoms with E-state index in [1.165, 1.54) is 6.26 Å². The van der Waals surface area contributed by atoms with E-state index in [2.05, 4.69) is 16.0 Å². The van der Waals surface area contributed by atoms with Crippen molar-refractivity contribution in [3.8, 4) is 0 Å². The van der Waals surface area contributed by atoms with Gasteiger partial charge in [-0.3, -0.25) is 4.79 Å². The van der Waals surface area contributed by atoms with Gasteiger partial charge in [0.15, 0.2) is 0 Å². The second kappa shape index (κ2) is 5.17. The highest BCUT2D eigenvalue weighted by atomic mass is 16.3. The maximum atomic E-state index is 12.2. The first-order valence-corrected chi connectivity index (χ1v) is 6.11. The van der Waals surface area contributed by atoms with Crippen LogP contribution in [0.25, 0.3) is 0 Å². The normalized spacial score (nSPS) is 19.2. The summed E-state index contributed by atoms with van der Waals surface area (Å²) in [5, 5.41) is 8.11. The van der Waals surface area contributed by atoms with Crippen molar-refractivity contribution < 1.29 is 14.0 Å². The summed E-state index contributed by atoms with van der Waals surface area (Å²) in [6.45, 7) is 5.46. The Balaban J connectivity index is 2.36. The molecule has 0 aliphatic carbocycles. The van der Waals surface area contributed by atoms with Crippen LogP contribution in [-0.2, 0) is 4.79 Å². The van der Waals surface area contributed by atoms with Gasteiger partial charge in [0.2, 0.25) is 0 Å². The summed E-state index contributed by atoms with van der Waals surface area (Å²) >= 11 is 0. The van der Waals surface area contributed by atoms with Crippen molar-refractivity contribution in [2.24, 2.45) is 0 Å². The van der Waals surface area contributed by atoms with Crippen LogP contribution in [0.2, 0.25) is 0 Å². The Labute approximate surface area is 111 Å². The van der Waals surface area contributed by atoms with E-state index in [4.69, 9.17) is 4.42 Å². The molecule has 0 saturated carbocycles. The zero-order valence-corrected chi connectivity index (χ0v) is 11.1. The van der Waals surface area contributed by atoms with Crippen molar-refractivity contribution in [3.05, 3.63) is 35.4 Å². The maximum absolute atomic E-state index is 12.2. The van der Waals surface area contributed by atoms with Crippen molar-refractivity contribution in [1.29, 1.82) is 0 Å². The molecule has 2 heterocycles. The molecule has 1 aliphatic heterocycles. The van der Waals surface area contributed by atoms with E-state index in [-0.39, 0.29) is 18.0 Å². The van der Waals surface area contributed by atoms with Gasteiger partial charge in [0, 0.05) is 11.7 Å². The molecular formula is C13H17N3O3. The topological polar surface area (TPSA) is 83.4 Å². The highest BCUT2D eigenvalue weighted by molar-refractivity contribution is 5.98. The molecule has 3 N–H and O–H groups in total. The minimum atomic E-state index is -0.567. The molecule has 0 fully saturated rings. The third kappa shape index (κ3) is 2.78. The molecule has 2 rings (SSSR count). The van der Waals surface area contributed by atoms with Gasteiger partial charge in [0.25, 0.3) is 5.91 Å². The van der Waals surface area contributed by atoms with E-state index >= 15 is 0 Å². The number of rotatable bonds is 3. The molecule has 6 nitrogen and oxygen atoms in total. The largest absolute Gasteiger partial charge is 0.467 e. The van der Waals surface area contributed by atoms with Crippen LogP contribution < -0.4 is 16.0 Å². The van der Waals surface area contributed by atoms with Gasteiger partial charge in [-0.25, -0.2) is 4.79 Å². The molecule has 0 bridgehead atoms. The fourth-order valence-electron chi connectivity index (χ4n) is 2.00. The minimum Gasteiger partial charge on any atom is -0.467 e. The molecule has 1 atom stereocenters. The van der Waals surface area contributed by atoms with Crippen LogP contribution in [0.15, 0.2) is 34.1 Å². The van der Waals surface area contributed by atoms with Gasteiger partial charge in [-0.2, -0.15) is 0 Å². The van der Waals surface area contributed by atoms with Crippen LogP contribution in [0.4, 0.5) is 4.79 Å². The summed E-state index contributed by atoms with van der Waals surface area (Å²) in [6, 6.07) is 2.55. The highest BCUT2D eigenvalue weighted by Gasteiger charge is 2.32. The van der Waals surface area contributed by atoms with Crippen molar-refractivity contribution in [2.75, 3.05) is 0 Å². The molecule has 1 aromatic heterocycles. The predicted octanol–water partition coefficient (Wildman–Crippen LogP) is 1.43. The van der Waals surface area contributed by atoms with Gasteiger partial charge in [-0.15, -0.1) is 0 Å². The molecule has 1 aliphatic rings. The van der Waals surface area contributed by atoms with E-state index in [1.807, 2.05) is 13.8 Å². The lowest BCUT2D eigenvalue weighted by molar-refractivity contribution is -0.118. The predicted molar refractivity (Wildman–Crippen MR) is 69.1 cm³/mol. The zero-order chi connectivity index (χ0) is 14.0. The summed E-state index contributed by atoms with van der Waals surface area (Å²) in [5.41, 5.74) is 0.992. The van der Waals surface area contributed by atoms with Crippen LogP contribution >= 0.6 is 0 Å². The van der Waals surface area contributed by atoms with Gasteiger partial charge in [-0.1, -0.05) is 0 Å². The summed E-state index contributed by atoms with van der Waals surface area (Å²) < 4.78 is 5.30. The lowest BCUT2D eigenvalue weighted by atomic mass is 9.99. The molecule has 1 unspecified atom stereocenters. The number of nitrogens with one attached hydrogen (secondary N) is 3. The van der Waals surface area contributed by atoms with Crippen molar-refractivity contribution >= 4 is 11.9 Å². The Morgan fingerprint density at radius 1 is 1.47 bits per heavy atom. The molecule has 6 heteroatoms. The number of hydrogen-bond acceptors (Lipinski definition) is 3. The van der Waals surface area contributed by atoms with Crippen LogP contribution in [0.5, 0.6) is 0 Å². The first-order chi connectivity index (χ1) is 8.99. The molecule has 0 spiro atoms. The standard InChI is InChI=1S/C13H17N3O3/c1-7(2)14-12(17)10-8(3)15-13(18)16-11(10)9-5-4-6-19-9/h4-7,11H,1-3H3,(H,14,17)(H2,15,16,18). The van der Waals surface area contributed by atoms with E-state index < -0.39 is 6.04 Å². The molecule has 0 radical (unpaired) electrons. The van der Waals surface area contributed by atoms with Crippen molar-refractivity contribution in [2.45, 2.75) is 32.9 Å². The molecular weight excluding hydrogens is 246 g/mol. The molecule has 19 heavy (non-hydrogen) atoms. The Morgan fingerprint density at radius 2 is 2.21 bits per heavy atom. The fraction of sp³-hybridized carbons (Fsp3) is 0.385. The SMILES string of the molecule is CC1=C(C(=O)NC(C)C)C(c2ccco2)NC(=O)N1. The highest BCUT2D eigenvalue weighted by Crippen LogP contribution is 2.26. The lowest BCUT2D eigenvalue weighted by Gasteiger charge is -2.27. The Hall–Kier alpha value is -2.24. The average Bonchev–Trinajstić information content (AvgIpc) is 2.79. The van der Waals surface area contributed by atoms with E-state index in [0.29, 0.717) is 17.0 Å². The average molecular weight is 263 g/mol. The number of allylic oxidation sites excluding steroid dienone is 1. The van der Waals surface area contributed by atoms with E-state index in [0.717, 1.165) is 0 Å².